The highest BCUT2D eigenvalue weighted by Crippen LogP contribution is 2.33. The van der Waals surface area contributed by atoms with E-state index < -0.39 is 0 Å². The van der Waals surface area contributed by atoms with Crippen LogP contribution < -0.4 is 11.1 Å². The van der Waals surface area contributed by atoms with Crippen LogP contribution >= 0.6 is 0 Å². The number of hydrogen-bond acceptors (Lipinski definition) is 2. The van der Waals surface area contributed by atoms with E-state index in [-0.39, 0.29) is 17.9 Å². The Morgan fingerprint density at radius 3 is 2.44 bits per heavy atom. The zero-order valence-corrected chi connectivity index (χ0v) is 11.7. The molecule has 3 N–H and O–H groups in total. The van der Waals surface area contributed by atoms with Gasteiger partial charge in [-0.3, -0.25) is 4.79 Å². The molecule has 0 aromatic carbocycles. The lowest BCUT2D eigenvalue weighted by molar-refractivity contribution is -0.126. The van der Waals surface area contributed by atoms with Gasteiger partial charge in [-0.2, -0.15) is 0 Å². The molecular formula is C15H28N2O. The smallest absolute Gasteiger partial charge is 0.223 e. The summed E-state index contributed by atoms with van der Waals surface area (Å²) in [7, 11) is 0. The average molecular weight is 252 g/mol. The summed E-state index contributed by atoms with van der Waals surface area (Å²) in [5.74, 6) is 1.91. The largest absolute Gasteiger partial charge is 0.352 e. The van der Waals surface area contributed by atoms with Crippen LogP contribution in [0.2, 0.25) is 0 Å². The van der Waals surface area contributed by atoms with Crippen molar-refractivity contribution in [1.29, 1.82) is 0 Å². The molecule has 0 aromatic rings. The molecule has 3 nitrogen and oxygen atoms in total. The van der Waals surface area contributed by atoms with Crippen molar-refractivity contribution >= 4 is 5.91 Å². The average Bonchev–Trinajstić information content (AvgIpc) is 3.09. The summed E-state index contributed by atoms with van der Waals surface area (Å²) in [5, 5.41) is 3.19. The van der Waals surface area contributed by atoms with E-state index in [1.165, 1.54) is 38.5 Å². The minimum Gasteiger partial charge on any atom is -0.352 e. The molecule has 0 aromatic heterocycles. The lowest BCUT2D eigenvalue weighted by atomic mass is 9.90. The van der Waals surface area contributed by atoms with E-state index in [4.69, 9.17) is 5.73 Å². The Morgan fingerprint density at radius 2 is 1.94 bits per heavy atom. The van der Waals surface area contributed by atoms with E-state index in [0.717, 1.165) is 18.8 Å². The first-order valence-electron chi connectivity index (χ1n) is 7.75. The molecule has 2 rings (SSSR count). The third-order valence-corrected chi connectivity index (χ3v) is 4.73. The second-order valence-corrected chi connectivity index (χ2v) is 6.18. The van der Waals surface area contributed by atoms with E-state index in [2.05, 4.69) is 12.2 Å². The van der Waals surface area contributed by atoms with E-state index in [1.807, 2.05) is 0 Å². The third kappa shape index (κ3) is 3.71. The maximum Gasteiger partial charge on any atom is 0.223 e. The SMILES string of the molecule is CCC(CC1CCCC1)C(=O)NC(CN)C1CC1. The number of amides is 1. The summed E-state index contributed by atoms with van der Waals surface area (Å²) in [4.78, 5) is 12.3. The standard InChI is InChI=1S/C15H28N2O/c1-2-12(9-11-5-3-4-6-11)15(18)17-14(10-16)13-7-8-13/h11-14H,2-10,16H2,1H3,(H,17,18). The fraction of sp³-hybridized carbons (Fsp3) is 0.933. The molecule has 2 aliphatic carbocycles. The van der Waals surface area contributed by atoms with Crippen LogP contribution in [-0.4, -0.2) is 18.5 Å². The van der Waals surface area contributed by atoms with Crippen LogP contribution in [0.3, 0.4) is 0 Å². The van der Waals surface area contributed by atoms with Gasteiger partial charge in [0.05, 0.1) is 0 Å². The number of nitrogens with two attached hydrogens (primary N) is 1. The Morgan fingerprint density at radius 1 is 1.28 bits per heavy atom. The predicted octanol–water partition coefficient (Wildman–Crippen LogP) is 2.45. The first-order chi connectivity index (χ1) is 8.74. The van der Waals surface area contributed by atoms with E-state index in [1.54, 1.807) is 0 Å². The molecule has 3 heteroatoms. The Hall–Kier alpha value is -0.570. The summed E-state index contributed by atoms with van der Waals surface area (Å²) in [5.41, 5.74) is 5.75. The lowest BCUT2D eigenvalue weighted by Gasteiger charge is -2.22. The minimum atomic E-state index is 0.209. The van der Waals surface area contributed by atoms with Crippen molar-refractivity contribution in [3.05, 3.63) is 0 Å². The molecule has 2 saturated carbocycles. The molecule has 18 heavy (non-hydrogen) atoms. The summed E-state index contributed by atoms with van der Waals surface area (Å²) in [6.45, 7) is 2.73. The number of nitrogens with one attached hydrogen (secondary N) is 1. The van der Waals surface area contributed by atoms with E-state index >= 15 is 0 Å². The van der Waals surface area contributed by atoms with Crippen molar-refractivity contribution in [2.24, 2.45) is 23.5 Å². The van der Waals surface area contributed by atoms with Crippen LogP contribution in [0.1, 0.15) is 58.3 Å². The van der Waals surface area contributed by atoms with Gasteiger partial charge in [0.25, 0.3) is 0 Å². The van der Waals surface area contributed by atoms with Gasteiger partial charge in [0.15, 0.2) is 0 Å². The highest BCUT2D eigenvalue weighted by Gasteiger charge is 2.33. The summed E-state index contributed by atoms with van der Waals surface area (Å²) in [6, 6.07) is 0.232. The highest BCUT2D eigenvalue weighted by molar-refractivity contribution is 5.79. The van der Waals surface area contributed by atoms with Crippen molar-refractivity contribution in [2.75, 3.05) is 6.54 Å². The summed E-state index contributed by atoms with van der Waals surface area (Å²) in [6.07, 6.45) is 9.89. The summed E-state index contributed by atoms with van der Waals surface area (Å²) < 4.78 is 0. The maximum atomic E-state index is 12.3. The fourth-order valence-electron chi connectivity index (χ4n) is 3.28. The van der Waals surface area contributed by atoms with Crippen LogP contribution in [0.5, 0.6) is 0 Å². The Balaban J connectivity index is 1.79. The van der Waals surface area contributed by atoms with Crippen molar-refractivity contribution in [1.82, 2.24) is 5.32 Å². The zero-order valence-electron chi connectivity index (χ0n) is 11.7. The molecular weight excluding hydrogens is 224 g/mol. The van der Waals surface area contributed by atoms with E-state index in [0.29, 0.717) is 12.5 Å². The Labute approximate surface area is 111 Å². The predicted molar refractivity (Wildman–Crippen MR) is 74.1 cm³/mol. The van der Waals surface area contributed by atoms with Gasteiger partial charge in [-0.05, 0) is 37.5 Å². The number of hydrogen-bond donors (Lipinski definition) is 2. The molecule has 0 radical (unpaired) electrons. The van der Waals surface area contributed by atoms with Gasteiger partial charge in [-0.1, -0.05) is 32.6 Å². The molecule has 2 unspecified atom stereocenters. The Bertz CT molecular complexity index is 270. The molecule has 2 aliphatic rings. The van der Waals surface area contributed by atoms with Crippen LogP contribution in [0.15, 0.2) is 0 Å². The number of carbonyl (C=O) groups is 1. The molecule has 104 valence electrons. The second-order valence-electron chi connectivity index (χ2n) is 6.18. The van der Waals surface area contributed by atoms with Gasteiger partial charge in [0.2, 0.25) is 5.91 Å². The van der Waals surface area contributed by atoms with Crippen LogP contribution in [0, 0.1) is 17.8 Å². The van der Waals surface area contributed by atoms with E-state index in [9.17, 15) is 4.79 Å². The van der Waals surface area contributed by atoms with Gasteiger partial charge in [-0.15, -0.1) is 0 Å². The van der Waals surface area contributed by atoms with Gasteiger partial charge in [-0.25, -0.2) is 0 Å². The zero-order chi connectivity index (χ0) is 13.0. The van der Waals surface area contributed by atoms with Crippen molar-refractivity contribution in [3.63, 3.8) is 0 Å². The van der Waals surface area contributed by atoms with Gasteiger partial charge >= 0.3 is 0 Å². The van der Waals surface area contributed by atoms with Crippen molar-refractivity contribution in [3.8, 4) is 0 Å². The third-order valence-electron chi connectivity index (χ3n) is 4.73. The molecule has 0 bridgehead atoms. The van der Waals surface area contributed by atoms with Crippen LogP contribution in [0.4, 0.5) is 0 Å². The van der Waals surface area contributed by atoms with Crippen LogP contribution in [-0.2, 0) is 4.79 Å². The maximum absolute atomic E-state index is 12.3. The van der Waals surface area contributed by atoms with Crippen LogP contribution in [0.25, 0.3) is 0 Å². The first-order valence-corrected chi connectivity index (χ1v) is 7.75. The van der Waals surface area contributed by atoms with Crippen molar-refractivity contribution < 1.29 is 4.79 Å². The topological polar surface area (TPSA) is 55.1 Å². The van der Waals surface area contributed by atoms with Gasteiger partial charge in [0.1, 0.15) is 0 Å². The number of carbonyl (C=O) groups excluding carboxylic acids is 1. The lowest BCUT2D eigenvalue weighted by Crippen LogP contribution is -2.44. The molecule has 2 atom stereocenters. The number of rotatable bonds is 7. The highest BCUT2D eigenvalue weighted by atomic mass is 16.1. The monoisotopic (exact) mass is 252 g/mol. The normalized spacial score (nSPS) is 23.9. The molecule has 0 spiro atoms. The minimum absolute atomic E-state index is 0.209. The molecule has 1 amide bonds. The summed E-state index contributed by atoms with van der Waals surface area (Å²) >= 11 is 0. The Kier molecular flexibility index (Phi) is 5.04. The second kappa shape index (κ2) is 6.55. The molecule has 0 saturated heterocycles. The molecule has 2 fully saturated rings. The van der Waals surface area contributed by atoms with Crippen molar-refractivity contribution in [2.45, 2.75) is 64.3 Å². The fourth-order valence-corrected chi connectivity index (χ4v) is 3.28. The first kappa shape index (κ1) is 13.9. The molecule has 0 heterocycles. The quantitative estimate of drug-likeness (QED) is 0.731. The van der Waals surface area contributed by atoms with Gasteiger partial charge in [0, 0.05) is 18.5 Å². The molecule has 0 aliphatic heterocycles. The van der Waals surface area contributed by atoms with Gasteiger partial charge < -0.3 is 11.1 Å².